The summed E-state index contributed by atoms with van der Waals surface area (Å²) in [6.45, 7) is 8.76. The number of hydrogen-bond acceptors (Lipinski definition) is 2. The van der Waals surface area contributed by atoms with E-state index in [4.69, 9.17) is 11.6 Å². The zero-order valence-electron chi connectivity index (χ0n) is 10.5. The minimum atomic E-state index is 0.156. The third kappa shape index (κ3) is 2.70. The Balaban J connectivity index is 2.54. The second kappa shape index (κ2) is 4.43. The minimum Gasteiger partial charge on any atom is -0.224 e. The summed E-state index contributed by atoms with van der Waals surface area (Å²) < 4.78 is 0. The highest BCUT2D eigenvalue weighted by Gasteiger charge is 2.16. The number of rotatable bonds is 1. The molecule has 2 rings (SSSR count). The van der Waals surface area contributed by atoms with Gasteiger partial charge in [0.25, 0.3) is 0 Å². The number of halogens is 1. The summed E-state index contributed by atoms with van der Waals surface area (Å²) in [6.07, 6.45) is 0. The Morgan fingerprint density at radius 3 is 2.47 bits per heavy atom. The summed E-state index contributed by atoms with van der Waals surface area (Å²) in [4.78, 5) is 4.35. The Bertz CT molecular complexity index is 537. The molecule has 0 bridgehead atoms. The lowest BCUT2D eigenvalue weighted by Crippen LogP contribution is -2.11. The van der Waals surface area contributed by atoms with Gasteiger partial charge in [-0.05, 0) is 29.5 Å². The van der Waals surface area contributed by atoms with Gasteiger partial charge in [0.05, 0.1) is 0 Å². The van der Waals surface area contributed by atoms with E-state index in [0.29, 0.717) is 5.15 Å². The van der Waals surface area contributed by atoms with Crippen LogP contribution in [0.25, 0.3) is 10.6 Å². The third-order valence-corrected chi connectivity index (χ3v) is 4.01. The predicted octanol–water partition coefficient (Wildman–Crippen LogP) is 5.07. The van der Waals surface area contributed by atoms with Crippen LogP contribution in [0.5, 0.6) is 0 Å². The van der Waals surface area contributed by atoms with Crippen LogP contribution in [0, 0.1) is 6.92 Å². The third-order valence-electron chi connectivity index (χ3n) is 2.81. The maximum atomic E-state index is 5.89. The van der Waals surface area contributed by atoms with Gasteiger partial charge in [-0.1, -0.05) is 44.5 Å². The number of thiazole rings is 1. The largest absolute Gasteiger partial charge is 0.224 e. The second-order valence-corrected chi connectivity index (χ2v) is 6.50. The van der Waals surface area contributed by atoms with E-state index in [9.17, 15) is 0 Å². The first-order valence-corrected chi connectivity index (χ1v) is 6.86. The molecule has 17 heavy (non-hydrogen) atoms. The van der Waals surface area contributed by atoms with Crippen LogP contribution >= 0.6 is 22.9 Å². The summed E-state index contributed by atoms with van der Waals surface area (Å²) >= 11 is 7.48. The molecular formula is C14H16ClNS. The number of nitrogens with zero attached hydrogens (tertiary/aromatic N) is 1. The van der Waals surface area contributed by atoms with Crippen LogP contribution < -0.4 is 0 Å². The van der Waals surface area contributed by atoms with Gasteiger partial charge in [-0.2, -0.15) is 0 Å². The van der Waals surface area contributed by atoms with Crippen LogP contribution in [-0.2, 0) is 5.41 Å². The lowest BCUT2D eigenvalue weighted by atomic mass is 9.85. The van der Waals surface area contributed by atoms with Crippen LogP contribution in [0.4, 0.5) is 0 Å². The summed E-state index contributed by atoms with van der Waals surface area (Å²) in [5.74, 6) is 0. The molecule has 3 heteroatoms. The second-order valence-electron chi connectivity index (χ2n) is 5.26. The molecule has 0 aliphatic carbocycles. The Hall–Kier alpha value is -0.860. The smallest absolute Gasteiger partial charge is 0.140 e. The van der Waals surface area contributed by atoms with Crippen LogP contribution in [0.1, 0.15) is 31.9 Å². The molecule has 0 spiro atoms. The molecule has 1 aromatic heterocycles. The fraction of sp³-hybridized carbons (Fsp3) is 0.357. The quantitative estimate of drug-likeness (QED) is 0.702. The first kappa shape index (κ1) is 12.6. The van der Waals surface area contributed by atoms with E-state index in [1.54, 1.807) is 11.3 Å². The van der Waals surface area contributed by atoms with Gasteiger partial charge >= 0.3 is 0 Å². The summed E-state index contributed by atoms with van der Waals surface area (Å²) in [5, 5.41) is 3.45. The predicted molar refractivity (Wildman–Crippen MR) is 76.0 cm³/mol. The van der Waals surface area contributed by atoms with Crippen LogP contribution in [0.2, 0.25) is 5.15 Å². The topological polar surface area (TPSA) is 12.9 Å². The molecule has 0 saturated carbocycles. The van der Waals surface area contributed by atoms with E-state index in [1.165, 1.54) is 16.7 Å². The van der Waals surface area contributed by atoms with Crippen molar-refractivity contribution in [2.24, 2.45) is 0 Å². The van der Waals surface area contributed by atoms with Gasteiger partial charge in [0.1, 0.15) is 10.2 Å². The molecule has 0 fully saturated rings. The van der Waals surface area contributed by atoms with Crippen molar-refractivity contribution < 1.29 is 0 Å². The molecular weight excluding hydrogens is 250 g/mol. The molecule has 1 nitrogen and oxygen atoms in total. The maximum Gasteiger partial charge on any atom is 0.140 e. The van der Waals surface area contributed by atoms with Gasteiger partial charge in [-0.3, -0.25) is 0 Å². The average Bonchev–Trinajstić information content (AvgIpc) is 2.63. The van der Waals surface area contributed by atoms with Crippen molar-refractivity contribution in [3.05, 3.63) is 39.9 Å². The molecule has 2 aromatic rings. The van der Waals surface area contributed by atoms with Gasteiger partial charge in [-0.15, -0.1) is 11.3 Å². The molecule has 1 aromatic carbocycles. The number of aryl methyl sites for hydroxylation is 1. The van der Waals surface area contributed by atoms with E-state index in [-0.39, 0.29) is 5.41 Å². The number of hydrogen-bond donors (Lipinski definition) is 0. The fourth-order valence-corrected chi connectivity index (χ4v) is 2.72. The van der Waals surface area contributed by atoms with E-state index in [1.807, 2.05) is 5.38 Å². The molecule has 0 N–H and O–H groups in total. The van der Waals surface area contributed by atoms with Crippen molar-refractivity contribution in [1.82, 2.24) is 4.98 Å². The molecule has 90 valence electrons. The highest BCUT2D eigenvalue weighted by atomic mass is 35.5. The van der Waals surface area contributed by atoms with Crippen LogP contribution in [-0.4, -0.2) is 4.98 Å². The van der Waals surface area contributed by atoms with E-state index in [2.05, 4.69) is 50.9 Å². The SMILES string of the molecule is Cc1ccc(C(C)(C)C)cc1-c1nc(Cl)cs1. The van der Waals surface area contributed by atoms with Crippen LogP contribution in [0.3, 0.4) is 0 Å². The Morgan fingerprint density at radius 2 is 1.94 bits per heavy atom. The molecule has 1 heterocycles. The van der Waals surface area contributed by atoms with E-state index in [0.717, 1.165) is 5.01 Å². The maximum absolute atomic E-state index is 5.89. The minimum absolute atomic E-state index is 0.156. The zero-order valence-corrected chi connectivity index (χ0v) is 12.1. The molecule has 0 atom stereocenters. The first-order chi connectivity index (χ1) is 7.88. The summed E-state index contributed by atoms with van der Waals surface area (Å²) in [5.41, 5.74) is 3.91. The average molecular weight is 266 g/mol. The van der Waals surface area contributed by atoms with Gasteiger partial charge in [0, 0.05) is 10.9 Å². The van der Waals surface area contributed by atoms with Gasteiger partial charge in [0.2, 0.25) is 0 Å². The van der Waals surface area contributed by atoms with Crippen molar-refractivity contribution in [2.45, 2.75) is 33.1 Å². The summed E-state index contributed by atoms with van der Waals surface area (Å²) in [6, 6.07) is 6.57. The molecule has 0 unspecified atom stereocenters. The van der Waals surface area contributed by atoms with Crippen molar-refractivity contribution in [1.29, 1.82) is 0 Å². The van der Waals surface area contributed by atoms with E-state index >= 15 is 0 Å². The Labute approximate surface area is 111 Å². The fourth-order valence-electron chi connectivity index (χ4n) is 1.70. The molecule has 0 saturated heterocycles. The lowest BCUT2D eigenvalue weighted by molar-refractivity contribution is 0.590. The van der Waals surface area contributed by atoms with Gasteiger partial charge in [-0.25, -0.2) is 4.98 Å². The lowest BCUT2D eigenvalue weighted by Gasteiger charge is -2.20. The summed E-state index contributed by atoms with van der Waals surface area (Å²) in [7, 11) is 0. The molecule has 0 amide bonds. The van der Waals surface area contributed by atoms with Crippen molar-refractivity contribution in [3.63, 3.8) is 0 Å². The van der Waals surface area contributed by atoms with Crippen molar-refractivity contribution in [2.75, 3.05) is 0 Å². The molecule has 0 radical (unpaired) electrons. The Kier molecular flexibility index (Phi) is 3.28. The highest BCUT2D eigenvalue weighted by Crippen LogP contribution is 2.32. The first-order valence-electron chi connectivity index (χ1n) is 5.60. The number of aromatic nitrogens is 1. The highest BCUT2D eigenvalue weighted by molar-refractivity contribution is 7.13. The normalized spacial score (nSPS) is 11.8. The zero-order chi connectivity index (χ0) is 12.6. The monoisotopic (exact) mass is 265 g/mol. The van der Waals surface area contributed by atoms with Crippen LogP contribution in [0.15, 0.2) is 23.6 Å². The Morgan fingerprint density at radius 1 is 1.24 bits per heavy atom. The molecule has 0 aliphatic heterocycles. The molecule has 0 aliphatic rings. The standard InChI is InChI=1S/C14H16ClNS/c1-9-5-6-10(14(2,3)4)7-11(9)13-16-12(15)8-17-13/h5-8H,1-4H3. The van der Waals surface area contributed by atoms with Gasteiger partial charge < -0.3 is 0 Å². The van der Waals surface area contributed by atoms with Crippen molar-refractivity contribution in [3.8, 4) is 10.6 Å². The van der Waals surface area contributed by atoms with Crippen molar-refractivity contribution >= 4 is 22.9 Å². The van der Waals surface area contributed by atoms with Gasteiger partial charge in [0.15, 0.2) is 0 Å². The van der Waals surface area contributed by atoms with E-state index < -0.39 is 0 Å². The number of benzene rings is 1.